The second kappa shape index (κ2) is 12.7. The number of fused-ring (bicyclic) bond motifs is 5. The first-order valence-corrected chi connectivity index (χ1v) is 18.6. The molecule has 1 heterocycles. The van der Waals surface area contributed by atoms with Gasteiger partial charge < -0.3 is 4.90 Å². The summed E-state index contributed by atoms with van der Waals surface area (Å²) in [7, 11) is 0. The van der Waals surface area contributed by atoms with Crippen molar-refractivity contribution >= 4 is 70.1 Å². The van der Waals surface area contributed by atoms with Gasteiger partial charge in [0.2, 0.25) is 0 Å². The predicted molar refractivity (Wildman–Crippen MR) is 225 cm³/mol. The Hall–Kier alpha value is -6.48. The van der Waals surface area contributed by atoms with Crippen molar-refractivity contribution in [3.05, 3.63) is 200 Å². The van der Waals surface area contributed by atoms with Crippen molar-refractivity contribution in [2.24, 2.45) is 0 Å². The minimum absolute atomic E-state index is 1.12. The Balaban J connectivity index is 1.04. The first-order chi connectivity index (χ1) is 25.7. The van der Waals surface area contributed by atoms with Crippen molar-refractivity contribution in [2.45, 2.75) is 0 Å². The van der Waals surface area contributed by atoms with Gasteiger partial charge >= 0.3 is 0 Å². The van der Waals surface area contributed by atoms with Crippen LogP contribution in [0.5, 0.6) is 0 Å². The number of benzene rings is 9. The van der Waals surface area contributed by atoms with Gasteiger partial charge in [0.15, 0.2) is 0 Å². The van der Waals surface area contributed by atoms with Crippen molar-refractivity contribution in [3.63, 3.8) is 0 Å². The van der Waals surface area contributed by atoms with Crippen molar-refractivity contribution in [1.29, 1.82) is 0 Å². The third-order valence-electron chi connectivity index (χ3n) is 10.2. The first kappa shape index (κ1) is 30.4. The summed E-state index contributed by atoms with van der Waals surface area (Å²) in [5.41, 5.74) is 10.7. The van der Waals surface area contributed by atoms with Crippen molar-refractivity contribution in [1.82, 2.24) is 0 Å². The molecule has 0 amide bonds. The van der Waals surface area contributed by atoms with Gasteiger partial charge in [-0.15, -0.1) is 11.3 Å². The Kier molecular flexibility index (Phi) is 7.41. The second-order valence-electron chi connectivity index (χ2n) is 13.4. The zero-order valence-electron chi connectivity index (χ0n) is 28.4. The molecule has 2 heteroatoms. The average Bonchev–Trinajstić information content (AvgIpc) is 3.59. The highest BCUT2D eigenvalue weighted by Gasteiger charge is 2.16. The van der Waals surface area contributed by atoms with E-state index in [1.807, 2.05) is 11.3 Å². The lowest BCUT2D eigenvalue weighted by Gasteiger charge is -2.26. The SMILES string of the molecule is c1ccc(-c2cccc(N(c3ccc(-c4ccc5ccc(-c6ccc7ccccc7c6)cc5c4)cc3)c3ccc4c(c3)sc3ccccc34)c2)cc1. The highest BCUT2D eigenvalue weighted by atomic mass is 32.1. The summed E-state index contributed by atoms with van der Waals surface area (Å²) in [4.78, 5) is 2.39. The molecule has 0 saturated heterocycles. The third kappa shape index (κ3) is 5.51. The molecular weight excluding hydrogens is 647 g/mol. The van der Waals surface area contributed by atoms with E-state index in [4.69, 9.17) is 0 Å². The molecule has 0 aliphatic carbocycles. The standard InChI is InChI=1S/C50H33NS/c1-2-9-34(10-3-1)39-13-8-14-45(32-39)51(46-27-28-48-47-15-6-7-16-49(47)52-50(48)33-46)44-25-23-36(24-26-44)40-20-18-37-19-22-42(31-43(37)30-40)41-21-17-35-11-4-5-12-38(35)29-41/h1-33H. The second-order valence-corrected chi connectivity index (χ2v) is 14.5. The van der Waals surface area contributed by atoms with Gasteiger partial charge in [-0.3, -0.25) is 0 Å². The Morgan fingerprint density at radius 1 is 0.269 bits per heavy atom. The monoisotopic (exact) mass is 679 g/mol. The molecule has 0 bridgehead atoms. The van der Waals surface area contributed by atoms with Gasteiger partial charge in [0.1, 0.15) is 0 Å². The molecular formula is C50H33NS. The third-order valence-corrected chi connectivity index (χ3v) is 11.3. The molecule has 52 heavy (non-hydrogen) atoms. The molecule has 0 fully saturated rings. The molecule has 0 atom stereocenters. The van der Waals surface area contributed by atoms with Crippen LogP contribution in [0.2, 0.25) is 0 Å². The Morgan fingerprint density at radius 3 is 1.58 bits per heavy atom. The number of nitrogens with zero attached hydrogens (tertiary/aromatic N) is 1. The normalized spacial score (nSPS) is 11.5. The summed E-state index contributed by atoms with van der Waals surface area (Å²) < 4.78 is 2.61. The summed E-state index contributed by atoms with van der Waals surface area (Å²) in [6, 6.07) is 73.0. The maximum atomic E-state index is 2.39. The fourth-order valence-corrected chi connectivity index (χ4v) is 8.67. The topological polar surface area (TPSA) is 3.24 Å². The molecule has 9 aromatic carbocycles. The summed E-state index contributed by atoms with van der Waals surface area (Å²) >= 11 is 1.86. The molecule has 0 N–H and O–H groups in total. The van der Waals surface area contributed by atoms with Gasteiger partial charge in [0, 0.05) is 37.2 Å². The Labute approximate surface area is 307 Å². The lowest BCUT2D eigenvalue weighted by molar-refractivity contribution is 1.29. The molecule has 244 valence electrons. The zero-order valence-corrected chi connectivity index (χ0v) is 29.2. The molecule has 0 spiro atoms. The number of thiophene rings is 1. The summed E-state index contributed by atoms with van der Waals surface area (Å²) in [6.45, 7) is 0. The first-order valence-electron chi connectivity index (χ1n) is 17.7. The van der Waals surface area contributed by atoms with Gasteiger partial charge in [-0.1, -0.05) is 140 Å². The van der Waals surface area contributed by atoms with E-state index < -0.39 is 0 Å². The predicted octanol–water partition coefficient (Wildman–Crippen LogP) is 14.8. The molecule has 0 aliphatic rings. The van der Waals surface area contributed by atoms with Crippen LogP contribution in [0.4, 0.5) is 17.1 Å². The smallest absolute Gasteiger partial charge is 0.0476 e. The quantitative estimate of drug-likeness (QED) is 0.169. The lowest BCUT2D eigenvalue weighted by atomic mass is 9.96. The minimum Gasteiger partial charge on any atom is -0.310 e. The molecule has 1 aromatic heterocycles. The van der Waals surface area contributed by atoms with Crippen molar-refractivity contribution in [2.75, 3.05) is 4.90 Å². The fraction of sp³-hybridized carbons (Fsp3) is 0. The molecule has 10 rings (SSSR count). The molecule has 1 nitrogen and oxygen atoms in total. The Bertz CT molecular complexity index is 2900. The average molecular weight is 680 g/mol. The summed E-state index contributed by atoms with van der Waals surface area (Å²) in [5.74, 6) is 0. The number of anilines is 3. The van der Waals surface area contributed by atoms with Gasteiger partial charge in [-0.2, -0.15) is 0 Å². The van der Waals surface area contributed by atoms with Crippen LogP contribution in [0, 0.1) is 0 Å². The number of hydrogen-bond acceptors (Lipinski definition) is 2. The maximum Gasteiger partial charge on any atom is 0.0476 e. The maximum absolute atomic E-state index is 2.39. The van der Waals surface area contributed by atoms with E-state index >= 15 is 0 Å². The van der Waals surface area contributed by atoms with E-state index in [2.05, 4.69) is 205 Å². The lowest BCUT2D eigenvalue weighted by Crippen LogP contribution is -2.09. The van der Waals surface area contributed by atoms with Crippen LogP contribution in [-0.2, 0) is 0 Å². The molecule has 10 aromatic rings. The van der Waals surface area contributed by atoms with E-state index in [9.17, 15) is 0 Å². The van der Waals surface area contributed by atoms with Gasteiger partial charge in [0.05, 0.1) is 0 Å². The van der Waals surface area contributed by atoms with Crippen LogP contribution in [0.15, 0.2) is 200 Å². The molecule has 0 unspecified atom stereocenters. The van der Waals surface area contributed by atoms with Gasteiger partial charge in [-0.25, -0.2) is 0 Å². The van der Waals surface area contributed by atoms with Crippen LogP contribution < -0.4 is 4.90 Å². The molecule has 0 saturated carbocycles. The van der Waals surface area contributed by atoms with Crippen LogP contribution in [0.25, 0.3) is 75.1 Å². The van der Waals surface area contributed by atoms with E-state index in [1.165, 1.54) is 75.1 Å². The van der Waals surface area contributed by atoms with Gasteiger partial charge in [-0.05, 0) is 116 Å². The summed E-state index contributed by atoms with van der Waals surface area (Å²) in [5, 5.41) is 7.63. The minimum atomic E-state index is 1.12. The van der Waals surface area contributed by atoms with Crippen LogP contribution in [0.3, 0.4) is 0 Å². The van der Waals surface area contributed by atoms with E-state index in [0.29, 0.717) is 0 Å². The highest BCUT2D eigenvalue weighted by molar-refractivity contribution is 7.25. The largest absolute Gasteiger partial charge is 0.310 e. The summed E-state index contributed by atoms with van der Waals surface area (Å²) in [6.07, 6.45) is 0. The van der Waals surface area contributed by atoms with Crippen molar-refractivity contribution in [3.8, 4) is 33.4 Å². The number of hydrogen-bond donors (Lipinski definition) is 0. The Morgan fingerprint density at radius 2 is 0.788 bits per heavy atom. The number of rotatable bonds is 6. The van der Waals surface area contributed by atoms with Crippen molar-refractivity contribution < 1.29 is 0 Å². The molecule has 0 aliphatic heterocycles. The van der Waals surface area contributed by atoms with E-state index in [-0.39, 0.29) is 0 Å². The van der Waals surface area contributed by atoms with Gasteiger partial charge in [0.25, 0.3) is 0 Å². The van der Waals surface area contributed by atoms with E-state index in [1.54, 1.807) is 0 Å². The molecule has 0 radical (unpaired) electrons. The fourth-order valence-electron chi connectivity index (χ4n) is 7.53. The van der Waals surface area contributed by atoms with E-state index in [0.717, 1.165) is 17.1 Å². The van der Waals surface area contributed by atoms with Crippen LogP contribution in [-0.4, -0.2) is 0 Å². The van der Waals surface area contributed by atoms with Crippen LogP contribution >= 0.6 is 11.3 Å². The van der Waals surface area contributed by atoms with Crippen LogP contribution in [0.1, 0.15) is 0 Å². The zero-order chi connectivity index (χ0) is 34.4. The highest BCUT2D eigenvalue weighted by Crippen LogP contribution is 2.42.